The Morgan fingerprint density at radius 3 is 2.36 bits per heavy atom. The quantitative estimate of drug-likeness (QED) is 0.599. The fourth-order valence-corrected chi connectivity index (χ4v) is 1.76. The van der Waals surface area contributed by atoms with Crippen molar-refractivity contribution in [3.05, 3.63) is 0 Å². The van der Waals surface area contributed by atoms with E-state index in [4.69, 9.17) is 4.74 Å². The SMILES string of the molecule is CCCC(C)CN(C)C(C)CCOC. The van der Waals surface area contributed by atoms with E-state index >= 15 is 0 Å². The molecule has 0 aliphatic carbocycles. The molecule has 0 fully saturated rings. The van der Waals surface area contributed by atoms with Gasteiger partial charge < -0.3 is 9.64 Å². The average molecular weight is 201 g/mol. The third-order valence-electron chi connectivity index (χ3n) is 2.87. The van der Waals surface area contributed by atoms with Crippen LogP contribution in [0.2, 0.25) is 0 Å². The first kappa shape index (κ1) is 13.9. The van der Waals surface area contributed by atoms with Crippen molar-refractivity contribution in [2.45, 2.75) is 46.1 Å². The summed E-state index contributed by atoms with van der Waals surface area (Å²) in [5.74, 6) is 0.815. The summed E-state index contributed by atoms with van der Waals surface area (Å²) in [7, 11) is 3.99. The molecule has 0 heterocycles. The Hall–Kier alpha value is -0.0800. The van der Waals surface area contributed by atoms with Gasteiger partial charge in [0.1, 0.15) is 0 Å². The second kappa shape index (κ2) is 8.25. The summed E-state index contributed by atoms with van der Waals surface area (Å²) in [4.78, 5) is 2.44. The number of hydrogen-bond acceptors (Lipinski definition) is 2. The van der Waals surface area contributed by atoms with E-state index < -0.39 is 0 Å². The Morgan fingerprint density at radius 2 is 1.86 bits per heavy atom. The first-order valence-corrected chi connectivity index (χ1v) is 5.81. The average Bonchev–Trinajstić information content (AvgIpc) is 2.14. The minimum atomic E-state index is 0.634. The van der Waals surface area contributed by atoms with Crippen molar-refractivity contribution in [2.24, 2.45) is 5.92 Å². The molecule has 2 nitrogen and oxygen atoms in total. The Kier molecular flexibility index (Phi) is 8.20. The first-order valence-electron chi connectivity index (χ1n) is 5.81. The molecule has 0 aromatic heterocycles. The molecule has 0 aliphatic rings. The van der Waals surface area contributed by atoms with Crippen molar-refractivity contribution >= 4 is 0 Å². The third kappa shape index (κ3) is 6.39. The maximum absolute atomic E-state index is 5.09. The molecule has 0 spiro atoms. The van der Waals surface area contributed by atoms with Gasteiger partial charge in [0.05, 0.1) is 0 Å². The van der Waals surface area contributed by atoms with Crippen molar-refractivity contribution in [1.82, 2.24) is 4.90 Å². The van der Waals surface area contributed by atoms with Crippen molar-refractivity contribution < 1.29 is 4.74 Å². The van der Waals surface area contributed by atoms with Crippen LogP contribution in [0.1, 0.15) is 40.0 Å². The van der Waals surface area contributed by atoms with Crippen molar-refractivity contribution in [2.75, 3.05) is 27.3 Å². The molecule has 0 amide bonds. The molecule has 2 heteroatoms. The number of rotatable bonds is 8. The van der Waals surface area contributed by atoms with Gasteiger partial charge in [-0.05, 0) is 32.7 Å². The summed E-state index contributed by atoms with van der Waals surface area (Å²) in [5, 5.41) is 0. The fraction of sp³-hybridized carbons (Fsp3) is 1.00. The maximum Gasteiger partial charge on any atom is 0.0477 e. The van der Waals surface area contributed by atoms with E-state index in [1.54, 1.807) is 7.11 Å². The van der Waals surface area contributed by atoms with Crippen molar-refractivity contribution in [1.29, 1.82) is 0 Å². The van der Waals surface area contributed by atoms with E-state index in [9.17, 15) is 0 Å². The molecule has 0 radical (unpaired) electrons. The van der Waals surface area contributed by atoms with Crippen LogP contribution in [-0.2, 0) is 4.74 Å². The van der Waals surface area contributed by atoms with Gasteiger partial charge in [-0.1, -0.05) is 20.3 Å². The van der Waals surface area contributed by atoms with Crippen LogP contribution in [0.15, 0.2) is 0 Å². The fourth-order valence-electron chi connectivity index (χ4n) is 1.76. The third-order valence-corrected chi connectivity index (χ3v) is 2.87. The Balaban J connectivity index is 3.64. The molecule has 0 saturated heterocycles. The summed E-state index contributed by atoms with van der Waals surface area (Å²) in [6.45, 7) is 8.94. The standard InChI is InChI=1S/C12H27NO/c1-6-7-11(2)10-13(4)12(3)8-9-14-5/h11-12H,6-10H2,1-5H3. The summed E-state index contributed by atoms with van der Waals surface area (Å²) in [5.41, 5.74) is 0. The van der Waals surface area contributed by atoms with Gasteiger partial charge in [0.25, 0.3) is 0 Å². The number of nitrogens with zero attached hydrogens (tertiary/aromatic N) is 1. The lowest BCUT2D eigenvalue weighted by Gasteiger charge is -2.27. The first-order chi connectivity index (χ1) is 6.61. The largest absolute Gasteiger partial charge is 0.385 e. The van der Waals surface area contributed by atoms with Gasteiger partial charge in [-0.2, -0.15) is 0 Å². The predicted octanol–water partition coefficient (Wildman–Crippen LogP) is 2.78. The minimum Gasteiger partial charge on any atom is -0.385 e. The van der Waals surface area contributed by atoms with Gasteiger partial charge >= 0.3 is 0 Å². The highest BCUT2D eigenvalue weighted by atomic mass is 16.5. The number of methoxy groups -OCH3 is 1. The normalized spacial score (nSPS) is 15.9. The highest BCUT2D eigenvalue weighted by Crippen LogP contribution is 2.10. The lowest BCUT2D eigenvalue weighted by molar-refractivity contribution is 0.143. The molecule has 14 heavy (non-hydrogen) atoms. The zero-order valence-electron chi connectivity index (χ0n) is 10.5. The molecule has 0 N–H and O–H groups in total. The second-order valence-electron chi connectivity index (χ2n) is 4.46. The van der Waals surface area contributed by atoms with Crippen LogP contribution in [0, 0.1) is 5.92 Å². The molecular formula is C12H27NO. The molecule has 0 bridgehead atoms. The van der Waals surface area contributed by atoms with Gasteiger partial charge in [0, 0.05) is 26.3 Å². The molecule has 0 rings (SSSR count). The predicted molar refractivity (Wildman–Crippen MR) is 62.7 cm³/mol. The summed E-state index contributed by atoms with van der Waals surface area (Å²) in [6, 6.07) is 0.634. The van der Waals surface area contributed by atoms with E-state index in [-0.39, 0.29) is 0 Å². The van der Waals surface area contributed by atoms with Gasteiger partial charge in [0.15, 0.2) is 0 Å². The van der Waals surface area contributed by atoms with Crippen LogP contribution in [0.25, 0.3) is 0 Å². The molecule has 2 atom stereocenters. The highest BCUT2D eigenvalue weighted by Gasteiger charge is 2.11. The summed E-state index contributed by atoms with van der Waals surface area (Å²) in [6.07, 6.45) is 3.76. The van der Waals surface area contributed by atoms with E-state index in [0.717, 1.165) is 18.9 Å². The Labute approximate surface area is 89.6 Å². The van der Waals surface area contributed by atoms with Crippen molar-refractivity contribution in [3.8, 4) is 0 Å². The van der Waals surface area contributed by atoms with Crippen LogP contribution in [0.5, 0.6) is 0 Å². The smallest absolute Gasteiger partial charge is 0.0477 e. The van der Waals surface area contributed by atoms with Gasteiger partial charge in [0.2, 0.25) is 0 Å². The minimum absolute atomic E-state index is 0.634. The molecular weight excluding hydrogens is 174 g/mol. The van der Waals surface area contributed by atoms with Gasteiger partial charge in [-0.15, -0.1) is 0 Å². The topological polar surface area (TPSA) is 12.5 Å². The van der Waals surface area contributed by atoms with E-state index in [0.29, 0.717) is 6.04 Å². The van der Waals surface area contributed by atoms with Crippen LogP contribution in [-0.4, -0.2) is 38.3 Å². The van der Waals surface area contributed by atoms with Crippen LogP contribution in [0.3, 0.4) is 0 Å². The number of hydrogen-bond donors (Lipinski definition) is 0. The molecule has 0 saturated carbocycles. The van der Waals surface area contributed by atoms with E-state index in [1.807, 2.05) is 0 Å². The lowest BCUT2D eigenvalue weighted by Crippen LogP contribution is -2.33. The van der Waals surface area contributed by atoms with E-state index in [1.165, 1.54) is 19.4 Å². The summed E-state index contributed by atoms with van der Waals surface area (Å²) >= 11 is 0. The molecule has 86 valence electrons. The zero-order chi connectivity index (χ0) is 11.0. The monoisotopic (exact) mass is 201 g/mol. The molecule has 0 aromatic carbocycles. The highest BCUT2D eigenvalue weighted by molar-refractivity contribution is 4.66. The second-order valence-corrected chi connectivity index (χ2v) is 4.46. The maximum atomic E-state index is 5.09. The molecule has 2 unspecified atom stereocenters. The van der Waals surface area contributed by atoms with Crippen LogP contribution < -0.4 is 0 Å². The van der Waals surface area contributed by atoms with Crippen LogP contribution >= 0.6 is 0 Å². The van der Waals surface area contributed by atoms with Gasteiger partial charge in [-0.25, -0.2) is 0 Å². The van der Waals surface area contributed by atoms with Gasteiger partial charge in [-0.3, -0.25) is 0 Å². The lowest BCUT2D eigenvalue weighted by atomic mass is 10.0. The Morgan fingerprint density at radius 1 is 1.21 bits per heavy atom. The van der Waals surface area contributed by atoms with Crippen LogP contribution in [0.4, 0.5) is 0 Å². The van der Waals surface area contributed by atoms with Crippen molar-refractivity contribution in [3.63, 3.8) is 0 Å². The van der Waals surface area contributed by atoms with E-state index in [2.05, 4.69) is 32.7 Å². The molecule has 0 aromatic rings. The zero-order valence-corrected chi connectivity index (χ0v) is 10.5. The Bertz CT molecular complexity index is 127. The summed E-state index contributed by atoms with van der Waals surface area (Å²) < 4.78 is 5.09. The molecule has 0 aliphatic heterocycles. The number of ether oxygens (including phenoxy) is 1.